The summed E-state index contributed by atoms with van der Waals surface area (Å²) in [4.78, 5) is 12.6. The lowest BCUT2D eigenvalue weighted by atomic mass is 10.1. The Morgan fingerprint density at radius 3 is 2.67 bits per heavy atom. The van der Waals surface area contributed by atoms with Crippen molar-refractivity contribution < 1.29 is 18.0 Å². The van der Waals surface area contributed by atoms with Crippen LogP contribution in [0.15, 0.2) is 18.2 Å². The maximum Gasteiger partial charge on any atom is 0.406 e. The van der Waals surface area contributed by atoms with Gasteiger partial charge in [-0.15, -0.1) is 0 Å². The summed E-state index contributed by atoms with van der Waals surface area (Å²) >= 11 is 2.11. The fourth-order valence-corrected chi connectivity index (χ4v) is 2.63. The third kappa shape index (κ3) is 3.15. The second kappa shape index (κ2) is 5.07. The molecule has 0 spiro atoms. The number of carbonyl (C=O) groups excluding carboxylic acids is 1. The average Bonchev–Trinajstić information content (AvgIpc) is 2.37. The van der Waals surface area contributed by atoms with Crippen LogP contribution in [0.4, 0.5) is 18.9 Å². The average molecular weight is 369 g/mol. The summed E-state index contributed by atoms with van der Waals surface area (Å²) in [5.74, 6) is -0.452. The molecule has 1 aromatic rings. The molecular formula is C12H11F3INO. The van der Waals surface area contributed by atoms with Gasteiger partial charge in [-0.25, -0.2) is 0 Å². The quantitative estimate of drug-likeness (QED) is 0.694. The molecule has 1 heterocycles. The van der Waals surface area contributed by atoms with Crippen molar-refractivity contribution in [3.63, 3.8) is 0 Å². The van der Waals surface area contributed by atoms with Crippen molar-refractivity contribution in [3.8, 4) is 0 Å². The molecule has 2 rings (SSSR count). The number of carbonyl (C=O) groups is 1. The van der Waals surface area contributed by atoms with Gasteiger partial charge in [0.05, 0.1) is 0 Å². The molecule has 0 saturated carbocycles. The van der Waals surface area contributed by atoms with Gasteiger partial charge in [0.15, 0.2) is 0 Å². The summed E-state index contributed by atoms with van der Waals surface area (Å²) in [6, 6.07) is 5.17. The maximum atomic E-state index is 12.5. The highest BCUT2D eigenvalue weighted by atomic mass is 127. The Hall–Kier alpha value is -0.790. The largest absolute Gasteiger partial charge is 0.406 e. The van der Waals surface area contributed by atoms with Crippen LogP contribution in [0.1, 0.15) is 18.4 Å². The number of halogens is 4. The first-order valence-corrected chi connectivity index (χ1v) is 6.60. The van der Waals surface area contributed by atoms with Gasteiger partial charge in [-0.2, -0.15) is 13.2 Å². The molecule has 98 valence electrons. The zero-order valence-electron chi connectivity index (χ0n) is 9.43. The standard InChI is InChI=1S/C12H11F3INO/c13-12(14,15)7-17-10-5-4-9(16)6-8(10)2-1-3-11(17)18/h4-6H,1-3,7H2. The molecule has 0 unspecified atom stereocenters. The van der Waals surface area contributed by atoms with Crippen LogP contribution < -0.4 is 4.90 Å². The van der Waals surface area contributed by atoms with Crippen LogP contribution in [0.25, 0.3) is 0 Å². The molecule has 0 N–H and O–H groups in total. The third-order valence-corrected chi connectivity index (χ3v) is 3.48. The molecule has 0 aromatic heterocycles. The van der Waals surface area contributed by atoms with Gasteiger partial charge >= 0.3 is 6.18 Å². The number of hydrogen-bond acceptors (Lipinski definition) is 1. The number of anilines is 1. The SMILES string of the molecule is O=C1CCCc2cc(I)ccc2N1CC(F)(F)F. The van der Waals surface area contributed by atoms with Gasteiger partial charge < -0.3 is 4.90 Å². The van der Waals surface area contributed by atoms with Crippen LogP contribution in [0.3, 0.4) is 0 Å². The van der Waals surface area contributed by atoms with E-state index in [1.54, 1.807) is 12.1 Å². The van der Waals surface area contributed by atoms with E-state index >= 15 is 0 Å². The highest BCUT2D eigenvalue weighted by Crippen LogP contribution is 2.31. The minimum Gasteiger partial charge on any atom is -0.303 e. The van der Waals surface area contributed by atoms with E-state index < -0.39 is 18.6 Å². The molecular weight excluding hydrogens is 358 g/mol. The van der Waals surface area contributed by atoms with Crippen LogP contribution in [0.5, 0.6) is 0 Å². The molecule has 1 aromatic carbocycles. The van der Waals surface area contributed by atoms with Gasteiger partial charge in [-0.05, 0) is 59.2 Å². The van der Waals surface area contributed by atoms with E-state index in [9.17, 15) is 18.0 Å². The van der Waals surface area contributed by atoms with Crippen LogP contribution in [0.2, 0.25) is 0 Å². The zero-order chi connectivity index (χ0) is 13.3. The summed E-state index contributed by atoms with van der Waals surface area (Å²) in [6.07, 6.45) is -2.96. The predicted molar refractivity (Wildman–Crippen MR) is 70.5 cm³/mol. The monoisotopic (exact) mass is 369 g/mol. The highest BCUT2D eigenvalue weighted by molar-refractivity contribution is 14.1. The van der Waals surface area contributed by atoms with Crippen LogP contribution in [-0.4, -0.2) is 18.6 Å². The van der Waals surface area contributed by atoms with E-state index in [4.69, 9.17) is 0 Å². The van der Waals surface area contributed by atoms with Crippen molar-refractivity contribution in [2.45, 2.75) is 25.4 Å². The predicted octanol–water partition coefficient (Wildman–Crippen LogP) is 3.52. The van der Waals surface area contributed by atoms with E-state index in [1.807, 2.05) is 6.07 Å². The first-order chi connectivity index (χ1) is 8.37. The molecule has 2 nitrogen and oxygen atoms in total. The second-order valence-electron chi connectivity index (χ2n) is 4.22. The summed E-state index contributed by atoms with van der Waals surface area (Å²) < 4.78 is 38.5. The number of nitrogens with zero attached hydrogens (tertiary/aromatic N) is 1. The number of alkyl halides is 3. The van der Waals surface area contributed by atoms with Crippen molar-refractivity contribution in [1.82, 2.24) is 0 Å². The van der Waals surface area contributed by atoms with Gasteiger partial charge in [0.1, 0.15) is 6.54 Å². The molecule has 1 aliphatic rings. The molecule has 1 aliphatic heterocycles. The number of fused-ring (bicyclic) bond motifs is 1. The van der Waals surface area contributed by atoms with Crippen LogP contribution in [-0.2, 0) is 11.2 Å². The van der Waals surface area contributed by atoms with Crippen molar-refractivity contribution in [2.24, 2.45) is 0 Å². The molecule has 0 radical (unpaired) electrons. The lowest BCUT2D eigenvalue weighted by Crippen LogP contribution is -2.38. The number of amides is 1. The van der Waals surface area contributed by atoms with Gasteiger partial charge in [-0.1, -0.05) is 0 Å². The first-order valence-electron chi connectivity index (χ1n) is 5.52. The van der Waals surface area contributed by atoms with E-state index in [1.165, 1.54) is 0 Å². The topological polar surface area (TPSA) is 20.3 Å². The Morgan fingerprint density at radius 1 is 1.28 bits per heavy atom. The van der Waals surface area contributed by atoms with E-state index in [0.717, 1.165) is 14.0 Å². The van der Waals surface area contributed by atoms with Gasteiger partial charge in [0.2, 0.25) is 5.91 Å². The normalized spacial score (nSPS) is 16.4. The molecule has 0 saturated heterocycles. The smallest absolute Gasteiger partial charge is 0.303 e. The number of rotatable bonds is 1. The highest BCUT2D eigenvalue weighted by Gasteiger charge is 2.35. The molecule has 0 atom stereocenters. The van der Waals surface area contributed by atoms with Gasteiger partial charge in [0.25, 0.3) is 0 Å². The minimum atomic E-state index is -4.37. The van der Waals surface area contributed by atoms with Crippen LogP contribution in [0, 0.1) is 3.57 Å². The molecule has 0 bridgehead atoms. The van der Waals surface area contributed by atoms with Crippen molar-refractivity contribution in [1.29, 1.82) is 0 Å². The third-order valence-electron chi connectivity index (χ3n) is 2.81. The number of benzene rings is 1. The van der Waals surface area contributed by atoms with Crippen molar-refractivity contribution in [3.05, 3.63) is 27.3 Å². The molecule has 0 aliphatic carbocycles. The Bertz CT molecular complexity index is 473. The Kier molecular flexibility index (Phi) is 3.84. The van der Waals surface area contributed by atoms with Crippen molar-refractivity contribution >= 4 is 34.2 Å². The summed E-state index contributed by atoms with van der Waals surface area (Å²) in [5.41, 5.74) is 1.22. The Labute approximate surface area is 116 Å². The molecule has 0 fully saturated rings. The second-order valence-corrected chi connectivity index (χ2v) is 5.47. The van der Waals surface area contributed by atoms with E-state index in [0.29, 0.717) is 18.5 Å². The lowest BCUT2D eigenvalue weighted by Gasteiger charge is -2.24. The van der Waals surface area contributed by atoms with Gasteiger partial charge in [-0.3, -0.25) is 4.79 Å². The fourth-order valence-electron chi connectivity index (χ4n) is 2.07. The van der Waals surface area contributed by atoms with E-state index in [2.05, 4.69) is 22.6 Å². The molecule has 18 heavy (non-hydrogen) atoms. The van der Waals surface area contributed by atoms with Crippen LogP contribution >= 0.6 is 22.6 Å². The number of aryl methyl sites for hydroxylation is 1. The van der Waals surface area contributed by atoms with E-state index in [-0.39, 0.29) is 6.42 Å². The fraction of sp³-hybridized carbons (Fsp3) is 0.417. The summed E-state index contributed by atoms with van der Waals surface area (Å²) in [7, 11) is 0. The maximum absolute atomic E-state index is 12.5. The lowest BCUT2D eigenvalue weighted by molar-refractivity contribution is -0.132. The Balaban J connectivity index is 2.41. The first kappa shape index (κ1) is 13.6. The molecule has 1 amide bonds. The van der Waals surface area contributed by atoms with Gasteiger partial charge in [0, 0.05) is 15.7 Å². The zero-order valence-corrected chi connectivity index (χ0v) is 11.6. The molecule has 6 heteroatoms. The summed E-state index contributed by atoms with van der Waals surface area (Å²) in [6.45, 7) is -1.21. The number of hydrogen-bond donors (Lipinski definition) is 0. The Morgan fingerprint density at radius 2 is 2.00 bits per heavy atom. The van der Waals surface area contributed by atoms with Crippen molar-refractivity contribution in [2.75, 3.05) is 11.4 Å². The summed E-state index contributed by atoms with van der Waals surface area (Å²) in [5, 5.41) is 0. The minimum absolute atomic E-state index is 0.168.